The summed E-state index contributed by atoms with van der Waals surface area (Å²) in [5.74, 6) is 0.303. The minimum Gasteiger partial charge on any atom is -0.390 e. The van der Waals surface area contributed by atoms with Crippen LogP contribution in [0.5, 0.6) is 0 Å². The van der Waals surface area contributed by atoms with Gasteiger partial charge >= 0.3 is 0 Å². The molecule has 19 heavy (non-hydrogen) atoms. The summed E-state index contributed by atoms with van der Waals surface area (Å²) in [6.07, 6.45) is -0.0326. The summed E-state index contributed by atoms with van der Waals surface area (Å²) in [5, 5.41) is 13.4. The normalized spacial score (nSPS) is 15.8. The number of aliphatic hydroxyl groups excluding tert-OH is 1. The van der Waals surface area contributed by atoms with E-state index in [4.69, 9.17) is 4.74 Å². The molecule has 1 heterocycles. The van der Waals surface area contributed by atoms with Crippen LogP contribution in [0.2, 0.25) is 0 Å². The lowest BCUT2D eigenvalue weighted by atomic mass is 9.93. The van der Waals surface area contributed by atoms with Crippen molar-refractivity contribution >= 4 is 11.3 Å². The van der Waals surface area contributed by atoms with Crippen molar-refractivity contribution in [3.8, 4) is 0 Å². The van der Waals surface area contributed by atoms with E-state index in [2.05, 4.69) is 45.0 Å². The van der Waals surface area contributed by atoms with Gasteiger partial charge in [-0.2, -0.15) is 0 Å². The predicted molar refractivity (Wildman–Crippen MR) is 80.8 cm³/mol. The summed E-state index contributed by atoms with van der Waals surface area (Å²) in [6, 6.07) is 0. The number of hydrogen-bond acceptors (Lipinski definition) is 4. The molecule has 0 aliphatic rings. The largest absolute Gasteiger partial charge is 0.390 e. The molecule has 0 aliphatic carbocycles. The van der Waals surface area contributed by atoms with E-state index in [1.54, 1.807) is 11.3 Å². The Balaban J connectivity index is 2.70. The maximum atomic E-state index is 10.3. The Labute approximate surface area is 121 Å². The Bertz CT molecular complexity index is 382. The van der Waals surface area contributed by atoms with Crippen molar-refractivity contribution in [1.29, 1.82) is 0 Å². The van der Waals surface area contributed by atoms with Crippen LogP contribution in [0.1, 0.15) is 52.2 Å². The van der Waals surface area contributed by atoms with Crippen LogP contribution in [0.3, 0.4) is 0 Å². The summed E-state index contributed by atoms with van der Waals surface area (Å²) in [7, 11) is 0. The van der Waals surface area contributed by atoms with Crippen LogP contribution in [0.25, 0.3) is 0 Å². The number of ether oxygens (including phenoxy) is 1. The van der Waals surface area contributed by atoms with Crippen molar-refractivity contribution < 1.29 is 9.84 Å². The van der Waals surface area contributed by atoms with Crippen molar-refractivity contribution in [2.45, 2.75) is 65.6 Å². The van der Waals surface area contributed by atoms with Crippen LogP contribution in [-0.4, -0.2) is 28.9 Å². The molecule has 0 aliphatic heterocycles. The molecule has 2 unspecified atom stereocenters. The molecule has 0 aromatic carbocycles. The molecule has 1 N–H and O–H groups in total. The lowest BCUT2D eigenvalue weighted by molar-refractivity contribution is -0.0562. The summed E-state index contributed by atoms with van der Waals surface area (Å²) in [4.78, 5) is 4.63. The van der Waals surface area contributed by atoms with E-state index in [0.717, 1.165) is 10.7 Å². The molecular formula is C15H27NO2S. The zero-order chi connectivity index (χ0) is 14.6. The predicted octanol–water partition coefficient (Wildman–Crippen LogP) is 3.41. The highest BCUT2D eigenvalue weighted by molar-refractivity contribution is 7.09. The quantitative estimate of drug-likeness (QED) is 0.871. The van der Waals surface area contributed by atoms with Crippen LogP contribution in [0, 0.1) is 5.92 Å². The minimum absolute atomic E-state index is 0.0665. The fourth-order valence-electron chi connectivity index (χ4n) is 1.98. The number of aromatic nitrogens is 1. The van der Waals surface area contributed by atoms with Crippen LogP contribution >= 0.6 is 11.3 Å². The molecule has 0 radical (unpaired) electrons. The van der Waals surface area contributed by atoms with Gasteiger partial charge in [-0.3, -0.25) is 0 Å². The van der Waals surface area contributed by atoms with Crippen molar-refractivity contribution in [1.82, 2.24) is 4.98 Å². The fourth-order valence-corrected chi connectivity index (χ4v) is 3.06. The Kier molecular flexibility index (Phi) is 5.96. The molecule has 0 amide bonds. The number of thiazole rings is 1. The van der Waals surface area contributed by atoms with E-state index in [-0.39, 0.29) is 11.5 Å². The van der Waals surface area contributed by atoms with Gasteiger partial charge in [-0.1, -0.05) is 34.6 Å². The molecule has 1 rings (SSSR count). The summed E-state index contributed by atoms with van der Waals surface area (Å²) < 4.78 is 5.64. The second-order valence-electron chi connectivity index (χ2n) is 6.31. The number of aliphatic hydroxyl groups is 1. The van der Waals surface area contributed by atoms with Crippen molar-refractivity contribution in [2.75, 3.05) is 6.61 Å². The molecule has 0 saturated carbocycles. The molecule has 0 saturated heterocycles. The van der Waals surface area contributed by atoms with Crippen LogP contribution in [0.4, 0.5) is 0 Å². The highest BCUT2D eigenvalue weighted by atomic mass is 32.1. The van der Waals surface area contributed by atoms with Crippen molar-refractivity contribution in [2.24, 2.45) is 5.92 Å². The fraction of sp³-hybridized carbons (Fsp3) is 0.800. The topological polar surface area (TPSA) is 42.4 Å². The molecule has 110 valence electrons. The van der Waals surface area contributed by atoms with E-state index in [1.807, 2.05) is 6.92 Å². The van der Waals surface area contributed by atoms with Crippen LogP contribution in [-0.2, 0) is 16.6 Å². The molecule has 2 atom stereocenters. The zero-order valence-corrected chi connectivity index (χ0v) is 13.8. The smallest absolute Gasteiger partial charge is 0.0955 e. The van der Waals surface area contributed by atoms with E-state index >= 15 is 0 Å². The number of rotatable bonds is 6. The number of hydrogen-bond donors (Lipinski definition) is 1. The lowest BCUT2D eigenvalue weighted by Gasteiger charge is -2.25. The second kappa shape index (κ2) is 6.82. The first kappa shape index (κ1) is 16.6. The molecule has 0 bridgehead atoms. The zero-order valence-electron chi connectivity index (χ0n) is 12.9. The third kappa shape index (κ3) is 4.86. The molecular weight excluding hydrogens is 258 g/mol. The van der Waals surface area contributed by atoms with Gasteiger partial charge in [0.1, 0.15) is 0 Å². The van der Waals surface area contributed by atoms with Gasteiger partial charge in [0, 0.05) is 23.8 Å². The number of nitrogens with zero attached hydrogens (tertiary/aromatic N) is 1. The first-order valence-corrected chi connectivity index (χ1v) is 7.88. The Hall–Kier alpha value is -0.450. The summed E-state index contributed by atoms with van der Waals surface area (Å²) in [5.41, 5.74) is 1.16. The Morgan fingerprint density at radius 1 is 1.37 bits per heavy atom. The average molecular weight is 285 g/mol. The van der Waals surface area contributed by atoms with Crippen molar-refractivity contribution in [3.05, 3.63) is 16.1 Å². The molecule has 3 nitrogen and oxygen atoms in total. The molecule has 0 fully saturated rings. The molecule has 0 spiro atoms. The first-order valence-electron chi connectivity index (χ1n) is 7.00. The highest BCUT2D eigenvalue weighted by Crippen LogP contribution is 2.25. The van der Waals surface area contributed by atoms with Crippen LogP contribution < -0.4 is 0 Å². The van der Waals surface area contributed by atoms with Gasteiger partial charge in [-0.25, -0.2) is 4.98 Å². The maximum absolute atomic E-state index is 10.3. The summed E-state index contributed by atoms with van der Waals surface area (Å²) in [6.45, 7) is 13.2. The van der Waals surface area contributed by atoms with Crippen molar-refractivity contribution in [3.63, 3.8) is 0 Å². The second-order valence-corrected chi connectivity index (χ2v) is 7.25. The van der Waals surface area contributed by atoms with E-state index in [1.165, 1.54) is 0 Å². The van der Waals surface area contributed by atoms with Gasteiger partial charge in [0.05, 0.1) is 22.9 Å². The monoisotopic (exact) mass is 285 g/mol. The maximum Gasteiger partial charge on any atom is 0.0955 e. The van der Waals surface area contributed by atoms with E-state index in [0.29, 0.717) is 18.9 Å². The summed E-state index contributed by atoms with van der Waals surface area (Å²) >= 11 is 1.63. The Morgan fingerprint density at radius 3 is 2.42 bits per heavy atom. The minimum atomic E-state index is -0.487. The van der Waals surface area contributed by atoms with Gasteiger partial charge in [-0.05, 0) is 12.8 Å². The Morgan fingerprint density at radius 2 is 2.00 bits per heavy atom. The molecule has 1 aromatic rings. The van der Waals surface area contributed by atoms with E-state index in [9.17, 15) is 5.11 Å². The lowest BCUT2D eigenvalue weighted by Crippen LogP contribution is -2.35. The third-order valence-corrected chi connectivity index (χ3v) is 3.97. The van der Waals surface area contributed by atoms with E-state index < -0.39 is 6.10 Å². The van der Waals surface area contributed by atoms with Gasteiger partial charge < -0.3 is 9.84 Å². The highest BCUT2D eigenvalue weighted by Gasteiger charge is 2.25. The molecule has 4 heteroatoms. The van der Waals surface area contributed by atoms with Gasteiger partial charge in [-0.15, -0.1) is 11.3 Å². The van der Waals surface area contributed by atoms with Gasteiger partial charge in [0.2, 0.25) is 0 Å². The first-order chi connectivity index (χ1) is 8.75. The van der Waals surface area contributed by atoms with Gasteiger partial charge in [0.15, 0.2) is 0 Å². The molecule has 1 aromatic heterocycles. The van der Waals surface area contributed by atoms with Crippen LogP contribution in [0.15, 0.2) is 5.38 Å². The third-order valence-electron chi connectivity index (χ3n) is 3.10. The van der Waals surface area contributed by atoms with Gasteiger partial charge in [0.25, 0.3) is 0 Å². The standard InChI is InChI=1S/C15H27NO2S/c1-7-18-14(10(2)3)11(17)8-13-16-12(9-19-13)15(4,5)6/h9-11,14,17H,7-8H2,1-6H3. The SMILES string of the molecule is CCOC(C(C)C)C(O)Cc1nc(C(C)(C)C)cs1. The average Bonchev–Trinajstić information content (AvgIpc) is 2.73.